The van der Waals surface area contributed by atoms with E-state index >= 15 is 0 Å². The van der Waals surface area contributed by atoms with Gasteiger partial charge >= 0.3 is 0 Å². The number of halogens is 2. The molecule has 1 heterocycles. The van der Waals surface area contributed by atoms with Gasteiger partial charge in [-0.25, -0.2) is 0 Å². The van der Waals surface area contributed by atoms with Crippen molar-refractivity contribution in [1.82, 2.24) is 5.32 Å². The molecule has 0 radical (unpaired) electrons. The molecule has 1 aromatic heterocycles. The van der Waals surface area contributed by atoms with Crippen LogP contribution in [0.25, 0.3) is 10.1 Å². The van der Waals surface area contributed by atoms with Crippen molar-refractivity contribution < 1.29 is 9.59 Å². The summed E-state index contributed by atoms with van der Waals surface area (Å²) in [5.74, 6) is -0.638. The van der Waals surface area contributed by atoms with Crippen LogP contribution in [0.15, 0.2) is 48.5 Å². The fourth-order valence-corrected chi connectivity index (χ4v) is 3.93. The van der Waals surface area contributed by atoms with Crippen LogP contribution < -0.4 is 10.6 Å². The lowest BCUT2D eigenvalue weighted by atomic mass is 10.2. The van der Waals surface area contributed by atoms with Crippen molar-refractivity contribution in [2.45, 2.75) is 0 Å². The number of nitrogens with one attached hydrogen (secondary N) is 2. The number of amides is 2. The topological polar surface area (TPSA) is 58.2 Å². The van der Waals surface area contributed by atoms with E-state index in [-0.39, 0.29) is 18.4 Å². The van der Waals surface area contributed by atoms with Crippen LogP contribution in [0.3, 0.4) is 0 Å². The molecule has 0 aliphatic carbocycles. The molecule has 4 nitrogen and oxygen atoms in total. The Morgan fingerprint density at radius 2 is 1.79 bits per heavy atom. The van der Waals surface area contributed by atoms with Gasteiger partial charge in [-0.1, -0.05) is 29.8 Å². The number of fused-ring (bicyclic) bond motifs is 1. The molecule has 0 atom stereocenters. The van der Waals surface area contributed by atoms with E-state index in [1.165, 1.54) is 11.3 Å². The van der Waals surface area contributed by atoms with Crippen molar-refractivity contribution >= 4 is 73.1 Å². The summed E-state index contributed by atoms with van der Waals surface area (Å²) in [6, 6.07) is 15.0. The van der Waals surface area contributed by atoms with Crippen LogP contribution >= 0.6 is 45.5 Å². The van der Waals surface area contributed by atoms with Gasteiger partial charge in [0.1, 0.15) is 4.88 Å². The third-order valence-corrected chi connectivity index (χ3v) is 5.67. The minimum Gasteiger partial charge on any atom is -0.342 e. The van der Waals surface area contributed by atoms with Crippen LogP contribution in [0, 0.1) is 3.57 Å². The van der Waals surface area contributed by atoms with Crippen molar-refractivity contribution in [2.75, 3.05) is 11.9 Å². The van der Waals surface area contributed by atoms with Crippen molar-refractivity contribution in [2.24, 2.45) is 0 Å². The van der Waals surface area contributed by atoms with Gasteiger partial charge in [-0.15, -0.1) is 11.3 Å². The largest absolute Gasteiger partial charge is 0.342 e. The maximum Gasteiger partial charge on any atom is 0.263 e. The molecule has 2 aromatic carbocycles. The minimum absolute atomic E-state index is 0.116. The summed E-state index contributed by atoms with van der Waals surface area (Å²) < 4.78 is 2.02. The molecule has 0 saturated carbocycles. The molecule has 2 N–H and O–H groups in total. The van der Waals surface area contributed by atoms with E-state index in [9.17, 15) is 9.59 Å². The average Bonchev–Trinajstić information content (AvgIpc) is 2.92. The summed E-state index contributed by atoms with van der Waals surface area (Å²) in [5.41, 5.74) is 0.689. The van der Waals surface area contributed by atoms with Gasteiger partial charge in [0, 0.05) is 19.3 Å². The molecule has 3 rings (SSSR count). The lowest BCUT2D eigenvalue weighted by molar-refractivity contribution is -0.115. The van der Waals surface area contributed by atoms with Crippen LogP contribution in [-0.2, 0) is 4.79 Å². The molecule has 0 aliphatic rings. The second kappa shape index (κ2) is 7.50. The highest BCUT2D eigenvalue weighted by Gasteiger charge is 2.17. The Balaban J connectivity index is 1.63. The second-order valence-electron chi connectivity index (χ2n) is 4.98. The number of hydrogen-bond donors (Lipinski definition) is 2. The Kier molecular flexibility index (Phi) is 5.37. The molecule has 0 spiro atoms. The molecule has 24 heavy (non-hydrogen) atoms. The number of rotatable bonds is 4. The van der Waals surface area contributed by atoms with Gasteiger partial charge in [0.15, 0.2) is 0 Å². The highest BCUT2D eigenvalue weighted by Crippen LogP contribution is 2.34. The first-order chi connectivity index (χ1) is 11.5. The van der Waals surface area contributed by atoms with Crippen LogP contribution in [-0.4, -0.2) is 18.4 Å². The SMILES string of the molecule is O=C(CNC(=O)c1sc2ccccc2c1Cl)Nc1ccc(I)cc1. The zero-order valence-corrected chi connectivity index (χ0v) is 16.0. The van der Waals surface area contributed by atoms with Gasteiger partial charge in [-0.2, -0.15) is 0 Å². The second-order valence-corrected chi connectivity index (χ2v) is 7.65. The normalized spacial score (nSPS) is 10.6. The first-order valence-electron chi connectivity index (χ1n) is 7.05. The Morgan fingerprint density at radius 1 is 1.08 bits per heavy atom. The molecule has 122 valence electrons. The lowest BCUT2D eigenvalue weighted by Gasteiger charge is -2.06. The lowest BCUT2D eigenvalue weighted by Crippen LogP contribution is -2.32. The number of thiophene rings is 1. The first kappa shape index (κ1) is 17.2. The van der Waals surface area contributed by atoms with E-state index < -0.39 is 0 Å². The molecule has 7 heteroatoms. The van der Waals surface area contributed by atoms with Crippen molar-refractivity contribution in [3.63, 3.8) is 0 Å². The fourth-order valence-electron chi connectivity index (χ4n) is 2.14. The van der Waals surface area contributed by atoms with Gasteiger partial charge in [0.25, 0.3) is 5.91 Å². The van der Waals surface area contributed by atoms with Crippen molar-refractivity contribution in [3.05, 3.63) is 62.0 Å². The molecule has 0 fully saturated rings. The maximum atomic E-state index is 12.3. The molecular formula is C17H12ClIN2O2S. The molecule has 0 bridgehead atoms. The van der Waals surface area contributed by atoms with Crippen LogP contribution in [0.2, 0.25) is 5.02 Å². The molecule has 2 amide bonds. The summed E-state index contributed by atoms with van der Waals surface area (Å²) in [6.07, 6.45) is 0. The minimum atomic E-state index is -0.348. The average molecular weight is 471 g/mol. The molecule has 0 saturated heterocycles. The van der Waals surface area contributed by atoms with Gasteiger partial charge in [-0.3, -0.25) is 9.59 Å². The molecular weight excluding hydrogens is 459 g/mol. The number of benzene rings is 2. The summed E-state index contributed by atoms with van der Waals surface area (Å²) >= 11 is 9.76. The fraction of sp³-hybridized carbons (Fsp3) is 0.0588. The van der Waals surface area contributed by atoms with E-state index in [4.69, 9.17) is 11.6 Å². The summed E-state index contributed by atoms with van der Waals surface area (Å²) in [4.78, 5) is 24.6. The van der Waals surface area contributed by atoms with E-state index in [1.54, 1.807) is 0 Å². The predicted octanol–water partition coefficient (Wildman–Crippen LogP) is 4.53. The van der Waals surface area contributed by atoms with Crippen molar-refractivity contribution in [3.8, 4) is 0 Å². The summed E-state index contributed by atoms with van der Waals surface area (Å²) in [6.45, 7) is -0.116. The van der Waals surface area contributed by atoms with Gasteiger partial charge in [0.2, 0.25) is 5.91 Å². The first-order valence-corrected chi connectivity index (χ1v) is 9.32. The van der Waals surface area contributed by atoms with Gasteiger partial charge < -0.3 is 10.6 Å². The third-order valence-electron chi connectivity index (χ3n) is 3.28. The van der Waals surface area contributed by atoms with E-state index in [0.717, 1.165) is 13.7 Å². The van der Waals surface area contributed by atoms with Gasteiger partial charge in [-0.05, 0) is 52.9 Å². The number of hydrogen-bond acceptors (Lipinski definition) is 3. The Bertz CT molecular complexity index is 909. The summed E-state index contributed by atoms with van der Waals surface area (Å²) in [5, 5.41) is 6.60. The summed E-state index contributed by atoms with van der Waals surface area (Å²) in [7, 11) is 0. The van der Waals surface area contributed by atoms with E-state index in [1.807, 2.05) is 48.5 Å². The Morgan fingerprint density at radius 3 is 2.50 bits per heavy atom. The third kappa shape index (κ3) is 3.88. The van der Waals surface area contributed by atoms with Gasteiger partial charge in [0.05, 0.1) is 11.6 Å². The Labute approximate surface area is 161 Å². The quantitative estimate of drug-likeness (QED) is 0.551. The van der Waals surface area contributed by atoms with E-state index in [2.05, 4.69) is 33.2 Å². The van der Waals surface area contributed by atoms with Crippen LogP contribution in [0.5, 0.6) is 0 Å². The maximum absolute atomic E-state index is 12.3. The zero-order chi connectivity index (χ0) is 17.1. The van der Waals surface area contributed by atoms with E-state index in [0.29, 0.717) is 15.6 Å². The number of anilines is 1. The Hall–Kier alpha value is -1.64. The van der Waals surface area contributed by atoms with Crippen LogP contribution in [0.4, 0.5) is 5.69 Å². The molecule has 0 unspecified atom stereocenters. The highest BCUT2D eigenvalue weighted by molar-refractivity contribution is 14.1. The smallest absolute Gasteiger partial charge is 0.263 e. The zero-order valence-electron chi connectivity index (χ0n) is 12.3. The number of carbonyl (C=O) groups is 2. The molecule has 3 aromatic rings. The predicted molar refractivity (Wildman–Crippen MR) is 107 cm³/mol. The van der Waals surface area contributed by atoms with Crippen LogP contribution in [0.1, 0.15) is 9.67 Å². The standard InChI is InChI=1S/C17H12ClIN2O2S/c18-15-12-3-1-2-4-13(12)24-16(15)17(23)20-9-14(22)21-11-7-5-10(19)6-8-11/h1-8H,9H2,(H,20,23)(H,21,22). The highest BCUT2D eigenvalue weighted by atomic mass is 127. The number of carbonyl (C=O) groups excluding carboxylic acids is 2. The molecule has 0 aliphatic heterocycles. The monoisotopic (exact) mass is 470 g/mol. The van der Waals surface area contributed by atoms with Crippen molar-refractivity contribution in [1.29, 1.82) is 0 Å².